The molecule has 0 aliphatic heterocycles. The summed E-state index contributed by atoms with van der Waals surface area (Å²) in [5, 5.41) is 3.44. The summed E-state index contributed by atoms with van der Waals surface area (Å²) in [5.41, 5.74) is 6.57. The molecule has 2 aromatic rings. The Labute approximate surface area is 111 Å². The second-order valence-corrected chi connectivity index (χ2v) is 5.33. The van der Waals surface area contributed by atoms with Gasteiger partial charge in [-0.2, -0.15) is 0 Å². The van der Waals surface area contributed by atoms with Crippen LogP contribution >= 0.6 is 0 Å². The zero-order valence-electron chi connectivity index (χ0n) is 11.3. The minimum Gasteiger partial charge on any atom is -0.356 e. The highest BCUT2D eigenvalue weighted by Crippen LogP contribution is 2.24. The number of nitrogens with two attached hydrogens (primary N) is 1. The fourth-order valence-electron chi connectivity index (χ4n) is 2.02. The van der Waals surface area contributed by atoms with Crippen molar-refractivity contribution < 1.29 is 9.18 Å². The molecular formula is C14H18FN3O. The lowest BCUT2D eigenvalue weighted by Crippen LogP contribution is -2.48. The van der Waals surface area contributed by atoms with Crippen LogP contribution in [0.15, 0.2) is 18.2 Å². The molecule has 1 aromatic heterocycles. The first-order valence-corrected chi connectivity index (χ1v) is 6.15. The number of aromatic nitrogens is 1. The molecule has 0 saturated heterocycles. The summed E-state index contributed by atoms with van der Waals surface area (Å²) in [6.07, 6.45) is 0. The molecule has 0 unspecified atom stereocenters. The van der Waals surface area contributed by atoms with E-state index in [0.29, 0.717) is 28.7 Å². The number of fused-ring (bicyclic) bond motifs is 1. The number of benzene rings is 1. The lowest BCUT2D eigenvalue weighted by Gasteiger charge is -2.24. The fraction of sp³-hybridized carbons (Fsp3) is 0.357. The molecule has 0 fully saturated rings. The highest BCUT2D eigenvalue weighted by atomic mass is 19.1. The second kappa shape index (κ2) is 4.66. The van der Waals surface area contributed by atoms with Gasteiger partial charge in [-0.15, -0.1) is 0 Å². The van der Waals surface area contributed by atoms with Crippen molar-refractivity contribution in [3.05, 3.63) is 35.3 Å². The van der Waals surface area contributed by atoms with Crippen molar-refractivity contribution in [2.24, 2.45) is 5.73 Å². The first kappa shape index (κ1) is 13.5. The lowest BCUT2D eigenvalue weighted by atomic mass is 10.0. The van der Waals surface area contributed by atoms with Crippen molar-refractivity contribution in [2.75, 3.05) is 6.54 Å². The number of rotatable bonds is 3. The summed E-state index contributed by atoms with van der Waals surface area (Å²) in [6, 6.07) is 4.69. The van der Waals surface area contributed by atoms with Gasteiger partial charge >= 0.3 is 0 Å². The number of H-pyrrole nitrogens is 1. The van der Waals surface area contributed by atoms with Gasteiger partial charge in [-0.1, -0.05) is 12.1 Å². The Balaban J connectivity index is 2.48. The summed E-state index contributed by atoms with van der Waals surface area (Å²) in [4.78, 5) is 15.2. The van der Waals surface area contributed by atoms with Gasteiger partial charge in [0.25, 0.3) is 5.91 Å². The van der Waals surface area contributed by atoms with Crippen molar-refractivity contribution in [3.63, 3.8) is 0 Å². The Bertz CT molecular complexity index is 631. The van der Waals surface area contributed by atoms with Crippen LogP contribution in [0.3, 0.4) is 0 Å². The summed E-state index contributed by atoms with van der Waals surface area (Å²) in [5.74, 6) is -0.609. The van der Waals surface area contributed by atoms with E-state index in [2.05, 4.69) is 10.3 Å². The van der Waals surface area contributed by atoms with E-state index in [1.807, 2.05) is 13.8 Å². The minimum absolute atomic E-state index is 0.246. The number of amides is 1. The maximum atomic E-state index is 13.7. The van der Waals surface area contributed by atoms with Gasteiger partial charge in [-0.3, -0.25) is 4.79 Å². The van der Waals surface area contributed by atoms with E-state index in [0.717, 1.165) is 0 Å². The predicted molar refractivity (Wildman–Crippen MR) is 73.6 cm³/mol. The number of carbonyl (C=O) groups is 1. The van der Waals surface area contributed by atoms with Gasteiger partial charge in [0.1, 0.15) is 5.82 Å². The topological polar surface area (TPSA) is 70.9 Å². The van der Waals surface area contributed by atoms with E-state index in [1.54, 1.807) is 19.1 Å². The van der Waals surface area contributed by atoms with Crippen LogP contribution in [-0.4, -0.2) is 23.0 Å². The predicted octanol–water partition coefficient (Wildman–Crippen LogP) is 2.08. The number of nitrogens with one attached hydrogen (secondary N) is 2. The minimum atomic E-state index is -0.500. The van der Waals surface area contributed by atoms with Crippen LogP contribution in [0.4, 0.5) is 4.39 Å². The van der Waals surface area contributed by atoms with Crippen LogP contribution in [0, 0.1) is 12.7 Å². The Morgan fingerprint density at radius 2 is 2.16 bits per heavy atom. The molecule has 5 heteroatoms. The second-order valence-electron chi connectivity index (χ2n) is 5.33. The molecule has 4 nitrogen and oxygen atoms in total. The molecule has 1 amide bonds. The van der Waals surface area contributed by atoms with Gasteiger partial charge in [0.15, 0.2) is 0 Å². The number of hydrogen-bond donors (Lipinski definition) is 3. The molecule has 0 spiro atoms. The first-order valence-electron chi connectivity index (χ1n) is 6.15. The maximum absolute atomic E-state index is 13.7. The lowest BCUT2D eigenvalue weighted by molar-refractivity contribution is 0.0917. The van der Waals surface area contributed by atoms with Gasteiger partial charge < -0.3 is 16.0 Å². The van der Waals surface area contributed by atoms with Crippen LogP contribution in [0.5, 0.6) is 0 Å². The third-order valence-electron chi connectivity index (χ3n) is 3.16. The third kappa shape index (κ3) is 2.46. The number of carbonyl (C=O) groups excluding carboxylic acids is 1. The molecule has 0 radical (unpaired) electrons. The van der Waals surface area contributed by atoms with E-state index in [1.165, 1.54) is 6.07 Å². The molecule has 0 atom stereocenters. The zero-order chi connectivity index (χ0) is 14.2. The summed E-state index contributed by atoms with van der Waals surface area (Å²) < 4.78 is 13.7. The number of halogens is 1. The van der Waals surface area contributed by atoms with Crippen molar-refractivity contribution in [3.8, 4) is 0 Å². The van der Waals surface area contributed by atoms with Crippen LogP contribution in [-0.2, 0) is 0 Å². The molecule has 0 bridgehead atoms. The summed E-state index contributed by atoms with van der Waals surface area (Å²) in [6.45, 7) is 5.77. The Morgan fingerprint density at radius 1 is 1.47 bits per heavy atom. The first-order chi connectivity index (χ1) is 8.85. The molecular weight excluding hydrogens is 245 g/mol. The standard InChI is InChI=1S/C14H18FN3O/c1-8-11(13(19)18-14(2,3)7-16)9-5-4-6-10(15)12(9)17-8/h4-6,17H,7,16H2,1-3H3,(H,18,19). The highest BCUT2D eigenvalue weighted by molar-refractivity contribution is 6.08. The molecule has 0 aliphatic carbocycles. The van der Waals surface area contributed by atoms with Crippen LogP contribution < -0.4 is 11.1 Å². The summed E-state index contributed by atoms with van der Waals surface area (Å²) >= 11 is 0. The van der Waals surface area contributed by atoms with E-state index in [9.17, 15) is 9.18 Å². The molecule has 2 rings (SSSR count). The normalized spacial score (nSPS) is 11.8. The molecule has 19 heavy (non-hydrogen) atoms. The summed E-state index contributed by atoms with van der Waals surface area (Å²) in [7, 11) is 0. The van der Waals surface area contributed by atoms with Gasteiger partial charge in [-0.25, -0.2) is 4.39 Å². The quantitative estimate of drug-likeness (QED) is 0.793. The fourth-order valence-corrected chi connectivity index (χ4v) is 2.02. The van der Waals surface area contributed by atoms with Crippen molar-refractivity contribution in [1.29, 1.82) is 0 Å². The van der Waals surface area contributed by atoms with Crippen LogP contribution in [0.2, 0.25) is 0 Å². The number of hydrogen-bond acceptors (Lipinski definition) is 2. The van der Waals surface area contributed by atoms with E-state index >= 15 is 0 Å². The van der Waals surface area contributed by atoms with Crippen molar-refractivity contribution >= 4 is 16.8 Å². The average Bonchev–Trinajstić information content (AvgIpc) is 2.66. The molecule has 0 aliphatic rings. The SMILES string of the molecule is Cc1[nH]c2c(F)cccc2c1C(=O)NC(C)(C)CN. The number of para-hydroxylation sites is 1. The van der Waals surface area contributed by atoms with E-state index in [-0.39, 0.29) is 11.7 Å². The Hall–Kier alpha value is -1.88. The van der Waals surface area contributed by atoms with Gasteiger partial charge in [-0.05, 0) is 26.8 Å². The third-order valence-corrected chi connectivity index (χ3v) is 3.16. The van der Waals surface area contributed by atoms with Crippen LogP contribution in [0.25, 0.3) is 10.9 Å². The zero-order valence-corrected chi connectivity index (χ0v) is 11.3. The van der Waals surface area contributed by atoms with E-state index in [4.69, 9.17) is 5.73 Å². The molecule has 1 heterocycles. The molecule has 0 saturated carbocycles. The molecule has 1 aromatic carbocycles. The largest absolute Gasteiger partial charge is 0.356 e. The van der Waals surface area contributed by atoms with E-state index < -0.39 is 5.54 Å². The Morgan fingerprint density at radius 3 is 2.79 bits per heavy atom. The maximum Gasteiger partial charge on any atom is 0.254 e. The van der Waals surface area contributed by atoms with Crippen molar-refractivity contribution in [1.82, 2.24) is 10.3 Å². The highest BCUT2D eigenvalue weighted by Gasteiger charge is 2.23. The van der Waals surface area contributed by atoms with Gasteiger partial charge in [0.2, 0.25) is 0 Å². The smallest absolute Gasteiger partial charge is 0.254 e. The average molecular weight is 263 g/mol. The van der Waals surface area contributed by atoms with Gasteiger partial charge in [0.05, 0.1) is 11.1 Å². The number of aryl methyl sites for hydroxylation is 1. The Kier molecular flexibility index (Phi) is 3.32. The van der Waals surface area contributed by atoms with Crippen LogP contribution in [0.1, 0.15) is 29.9 Å². The van der Waals surface area contributed by atoms with Crippen molar-refractivity contribution in [2.45, 2.75) is 26.3 Å². The number of aromatic amines is 1. The molecule has 4 N–H and O–H groups in total. The monoisotopic (exact) mass is 263 g/mol. The van der Waals surface area contributed by atoms with Gasteiger partial charge in [0, 0.05) is 23.2 Å². The molecule has 102 valence electrons.